The van der Waals surface area contributed by atoms with Gasteiger partial charge in [-0.25, -0.2) is 0 Å². The number of hydrogen-bond acceptors (Lipinski definition) is 3. The lowest BCUT2D eigenvalue weighted by Gasteiger charge is -2.31. The molecule has 0 aromatic heterocycles. The van der Waals surface area contributed by atoms with Crippen LogP contribution in [0.1, 0.15) is 0 Å². The molecular formula is C12H18N2O. The van der Waals surface area contributed by atoms with Crippen LogP contribution in [-0.4, -0.2) is 45.2 Å². The number of benzene rings is 1. The molecule has 0 amide bonds. The minimum atomic E-state index is 0.796. The van der Waals surface area contributed by atoms with Crippen molar-refractivity contribution in [3.8, 4) is 5.75 Å². The van der Waals surface area contributed by atoms with Crippen molar-refractivity contribution in [3.63, 3.8) is 0 Å². The van der Waals surface area contributed by atoms with Gasteiger partial charge in [-0.1, -0.05) is 12.1 Å². The Morgan fingerprint density at radius 2 is 2.13 bits per heavy atom. The van der Waals surface area contributed by atoms with Crippen LogP contribution < -0.4 is 9.64 Å². The molecule has 15 heavy (non-hydrogen) atoms. The summed E-state index contributed by atoms with van der Waals surface area (Å²) < 4.78 is 5.61. The molecule has 1 aromatic rings. The molecule has 0 radical (unpaired) electrons. The molecular weight excluding hydrogens is 188 g/mol. The molecule has 0 N–H and O–H groups in total. The predicted octanol–water partition coefficient (Wildman–Crippen LogP) is 1.45. The second kappa shape index (κ2) is 4.53. The van der Waals surface area contributed by atoms with Crippen molar-refractivity contribution >= 4 is 5.69 Å². The zero-order chi connectivity index (χ0) is 10.7. The van der Waals surface area contributed by atoms with Gasteiger partial charge >= 0.3 is 0 Å². The van der Waals surface area contributed by atoms with E-state index in [2.05, 4.69) is 36.0 Å². The molecule has 1 aromatic carbocycles. The van der Waals surface area contributed by atoms with Crippen molar-refractivity contribution in [2.45, 2.75) is 0 Å². The normalized spacial score (nSPS) is 15.0. The number of anilines is 1. The monoisotopic (exact) mass is 206 g/mol. The molecule has 1 aliphatic rings. The number of para-hydroxylation sites is 2. The minimum Gasteiger partial charge on any atom is -0.490 e. The lowest BCUT2D eigenvalue weighted by Crippen LogP contribution is -2.37. The van der Waals surface area contributed by atoms with Crippen LogP contribution in [0, 0.1) is 0 Å². The van der Waals surface area contributed by atoms with E-state index in [-0.39, 0.29) is 0 Å². The molecule has 0 atom stereocenters. The van der Waals surface area contributed by atoms with E-state index in [0.717, 1.165) is 32.0 Å². The van der Waals surface area contributed by atoms with E-state index in [1.165, 1.54) is 5.69 Å². The molecule has 0 aliphatic carbocycles. The average Bonchev–Trinajstić information content (AvgIpc) is 2.26. The Balaban J connectivity index is 2.08. The lowest BCUT2D eigenvalue weighted by atomic mass is 10.2. The third kappa shape index (κ3) is 2.42. The van der Waals surface area contributed by atoms with E-state index in [1.54, 1.807) is 0 Å². The highest BCUT2D eigenvalue weighted by Crippen LogP contribution is 2.30. The summed E-state index contributed by atoms with van der Waals surface area (Å²) in [6, 6.07) is 8.26. The van der Waals surface area contributed by atoms with E-state index in [4.69, 9.17) is 4.74 Å². The highest BCUT2D eigenvalue weighted by molar-refractivity contribution is 5.59. The molecule has 2 rings (SSSR count). The van der Waals surface area contributed by atoms with Gasteiger partial charge in [0.1, 0.15) is 12.4 Å². The van der Waals surface area contributed by atoms with Gasteiger partial charge in [0.15, 0.2) is 0 Å². The van der Waals surface area contributed by atoms with E-state index in [9.17, 15) is 0 Å². The minimum absolute atomic E-state index is 0.796. The van der Waals surface area contributed by atoms with Gasteiger partial charge in [0.05, 0.1) is 12.2 Å². The number of nitrogens with zero attached hydrogens (tertiary/aromatic N) is 2. The number of ether oxygens (including phenoxy) is 1. The van der Waals surface area contributed by atoms with Crippen LogP contribution in [-0.2, 0) is 0 Å². The van der Waals surface area contributed by atoms with Gasteiger partial charge in [-0.2, -0.15) is 0 Å². The van der Waals surface area contributed by atoms with Crippen molar-refractivity contribution in [3.05, 3.63) is 24.3 Å². The fraction of sp³-hybridized carbons (Fsp3) is 0.500. The molecule has 1 heterocycles. The SMILES string of the molecule is CN(C)CCN1CCOc2ccccc21. The molecule has 82 valence electrons. The number of hydrogen-bond donors (Lipinski definition) is 0. The predicted molar refractivity (Wildman–Crippen MR) is 62.7 cm³/mol. The van der Waals surface area contributed by atoms with Crippen LogP contribution in [0.3, 0.4) is 0 Å². The number of likely N-dealkylation sites (N-methyl/N-ethyl adjacent to an activating group) is 1. The molecule has 0 spiro atoms. The summed E-state index contributed by atoms with van der Waals surface area (Å²) in [6.45, 7) is 3.93. The summed E-state index contributed by atoms with van der Waals surface area (Å²) in [5.74, 6) is 1.02. The Hall–Kier alpha value is -1.22. The first-order chi connectivity index (χ1) is 7.27. The first kappa shape index (κ1) is 10.3. The molecule has 3 heteroatoms. The smallest absolute Gasteiger partial charge is 0.142 e. The van der Waals surface area contributed by atoms with Gasteiger partial charge in [0.25, 0.3) is 0 Å². The Labute approximate surface area is 91.2 Å². The molecule has 0 fully saturated rings. The number of fused-ring (bicyclic) bond motifs is 1. The third-order valence-corrected chi connectivity index (χ3v) is 2.64. The van der Waals surface area contributed by atoms with Crippen LogP contribution in [0.15, 0.2) is 24.3 Å². The van der Waals surface area contributed by atoms with Crippen molar-refractivity contribution < 1.29 is 4.74 Å². The van der Waals surface area contributed by atoms with Gasteiger partial charge in [-0.05, 0) is 26.2 Å². The van der Waals surface area contributed by atoms with E-state index in [1.807, 2.05) is 12.1 Å². The first-order valence-corrected chi connectivity index (χ1v) is 5.39. The fourth-order valence-corrected chi connectivity index (χ4v) is 1.78. The van der Waals surface area contributed by atoms with Gasteiger partial charge in [-0.3, -0.25) is 0 Å². The van der Waals surface area contributed by atoms with Crippen LogP contribution in [0.4, 0.5) is 5.69 Å². The molecule has 0 unspecified atom stereocenters. The van der Waals surface area contributed by atoms with Gasteiger partial charge in [0.2, 0.25) is 0 Å². The lowest BCUT2D eigenvalue weighted by molar-refractivity contribution is 0.303. The Kier molecular flexibility index (Phi) is 3.11. The maximum Gasteiger partial charge on any atom is 0.142 e. The van der Waals surface area contributed by atoms with Gasteiger partial charge in [0, 0.05) is 13.1 Å². The average molecular weight is 206 g/mol. The Morgan fingerprint density at radius 1 is 1.33 bits per heavy atom. The molecule has 3 nitrogen and oxygen atoms in total. The Bertz CT molecular complexity index is 325. The van der Waals surface area contributed by atoms with Crippen LogP contribution in [0.25, 0.3) is 0 Å². The van der Waals surface area contributed by atoms with Crippen molar-refractivity contribution in [2.24, 2.45) is 0 Å². The highest BCUT2D eigenvalue weighted by Gasteiger charge is 2.16. The second-order valence-corrected chi connectivity index (χ2v) is 4.11. The van der Waals surface area contributed by atoms with E-state index in [0.29, 0.717) is 0 Å². The topological polar surface area (TPSA) is 15.7 Å². The Morgan fingerprint density at radius 3 is 2.93 bits per heavy atom. The van der Waals surface area contributed by atoms with E-state index < -0.39 is 0 Å². The number of rotatable bonds is 3. The van der Waals surface area contributed by atoms with E-state index >= 15 is 0 Å². The summed E-state index contributed by atoms with van der Waals surface area (Å²) in [7, 11) is 4.21. The maximum atomic E-state index is 5.61. The van der Waals surface area contributed by atoms with Crippen molar-refractivity contribution in [2.75, 3.05) is 45.2 Å². The standard InChI is InChI=1S/C12H18N2O/c1-13(2)7-8-14-9-10-15-12-6-4-3-5-11(12)14/h3-6H,7-10H2,1-2H3. The molecule has 0 saturated heterocycles. The van der Waals surface area contributed by atoms with Gasteiger partial charge in [-0.15, -0.1) is 0 Å². The largest absolute Gasteiger partial charge is 0.490 e. The summed E-state index contributed by atoms with van der Waals surface area (Å²) in [6.07, 6.45) is 0. The second-order valence-electron chi connectivity index (χ2n) is 4.11. The fourth-order valence-electron chi connectivity index (χ4n) is 1.78. The van der Waals surface area contributed by atoms with Crippen LogP contribution in [0.5, 0.6) is 5.75 Å². The van der Waals surface area contributed by atoms with Gasteiger partial charge < -0.3 is 14.5 Å². The molecule has 0 bridgehead atoms. The zero-order valence-corrected chi connectivity index (χ0v) is 9.44. The van der Waals surface area contributed by atoms with Crippen LogP contribution in [0.2, 0.25) is 0 Å². The van der Waals surface area contributed by atoms with Crippen molar-refractivity contribution in [1.29, 1.82) is 0 Å². The summed E-state index contributed by atoms with van der Waals surface area (Å²) >= 11 is 0. The summed E-state index contributed by atoms with van der Waals surface area (Å²) in [5, 5.41) is 0. The van der Waals surface area contributed by atoms with Crippen LogP contribution >= 0.6 is 0 Å². The quantitative estimate of drug-likeness (QED) is 0.744. The highest BCUT2D eigenvalue weighted by atomic mass is 16.5. The molecule has 1 aliphatic heterocycles. The summed E-state index contributed by atoms with van der Waals surface area (Å²) in [4.78, 5) is 4.59. The van der Waals surface area contributed by atoms with Crippen molar-refractivity contribution in [1.82, 2.24) is 4.90 Å². The third-order valence-electron chi connectivity index (χ3n) is 2.64. The maximum absolute atomic E-state index is 5.61. The summed E-state index contributed by atoms with van der Waals surface area (Å²) in [5.41, 5.74) is 1.23. The molecule has 0 saturated carbocycles. The zero-order valence-electron chi connectivity index (χ0n) is 9.44. The first-order valence-electron chi connectivity index (χ1n) is 5.39.